The number of rotatable bonds is 5. The van der Waals surface area contributed by atoms with Crippen molar-refractivity contribution < 1.29 is 4.79 Å². The van der Waals surface area contributed by atoms with Crippen LogP contribution in [0.1, 0.15) is 25.8 Å². The minimum Gasteiger partial charge on any atom is -0.338 e. The molecule has 0 fully saturated rings. The van der Waals surface area contributed by atoms with E-state index in [-0.39, 0.29) is 12.1 Å². The van der Waals surface area contributed by atoms with Gasteiger partial charge in [-0.05, 0) is 31.4 Å². The minimum atomic E-state index is -0.0913. The second-order valence-electron chi connectivity index (χ2n) is 4.05. The van der Waals surface area contributed by atoms with Crippen LogP contribution in [0.15, 0.2) is 28.7 Å². The lowest BCUT2D eigenvalue weighted by molar-refractivity contribution is 0.237. The zero-order valence-electron chi connectivity index (χ0n) is 10.3. The van der Waals surface area contributed by atoms with Crippen molar-refractivity contribution in [3.63, 3.8) is 0 Å². The Morgan fingerprint density at radius 3 is 2.76 bits per heavy atom. The lowest BCUT2D eigenvalue weighted by Gasteiger charge is -2.12. The van der Waals surface area contributed by atoms with E-state index in [2.05, 4.69) is 32.6 Å². The molecule has 2 N–H and O–H groups in total. The molecule has 0 aliphatic heterocycles. The highest BCUT2D eigenvalue weighted by Gasteiger charge is 2.04. The number of urea groups is 1. The number of hydrogen-bond donors (Lipinski definition) is 2. The summed E-state index contributed by atoms with van der Waals surface area (Å²) in [5.74, 6) is 0. The molecule has 4 heteroatoms. The fourth-order valence-electron chi connectivity index (χ4n) is 1.39. The molecule has 0 aliphatic rings. The van der Waals surface area contributed by atoms with Crippen LogP contribution in [-0.4, -0.2) is 18.6 Å². The predicted molar refractivity (Wildman–Crippen MR) is 74.1 cm³/mol. The van der Waals surface area contributed by atoms with E-state index in [1.54, 1.807) is 0 Å². The Hall–Kier alpha value is -1.03. The van der Waals surface area contributed by atoms with Crippen LogP contribution in [0, 0.1) is 0 Å². The number of benzene rings is 1. The van der Waals surface area contributed by atoms with E-state index < -0.39 is 0 Å². The second-order valence-corrected chi connectivity index (χ2v) is 4.91. The van der Waals surface area contributed by atoms with Gasteiger partial charge in [0.05, 0.1) is 0 Å². The van der Waals surface area contributed by atoms with Crippen LogP contribution in [0.2, 0.25) is 0 Å². The van der Waals surface area contributed by atoms with Gasteiger partial charge in [0.25, 0.3) is 0 Å². The van der Waals surface area contributed by atoms with Gasteiger partial charge >= 0.3 is 6.03 Å². The Balaban J connectivity index is 2.29. The number of nitrogens with one attached hydrogen (secondary N) is 2. The lowest BCUT2D eigenvalue weighted by Crippen LogP contribution is -2.41. The largest absolute Gasteiger partial charge is 0.338 e. The molecule has 0 radical (unpaired) electrons. The van der Waals surface area contributed by atoms with Crippen molar-refractivity contribution in [3.05, 3.63) is 34.3 Å². The predicted octanol–water partition coefficient (Wildman–Crippen LogP) is 3.09. The van der Waals surface area contributed by atoms with E-state index in [9.17, 15) is 4.79 Å². The molecule has 0 spiro atoms. The van der Waals surface area contributed by atoms with Gasteiger partial charge in [0, 0.05) is 17.1 Å². The molecule has 0 heterocycles. The molecule has 0 saturated carbocycles. The lowest BCUT2D eigenvalue weighted by atomic mass is 10.1. The maximum atomic E-state index is 11.5. The minimum absolute atomic E-state index is 0.0913. The van der Waals surface area contributed by atoms with Crippen molar-refractivity contribution in [3.8, 4) is 0 Å². The SMILES string of the molecule is CCC(C)NC(=O)NCCc1ccccc1Br. The number of hydrogen-bond acceptors (Lipinski definition) is 1. The van der Waals surface area contributed by atoms with Gasteiger partial charge < -0.3 is 10.6 Å². The number of carbonyl (C=O) groups excluding carboxylic acids is 1. The van der Waals surface area contributed by atoms with Crippen molar-refractivity contribution in [2.24, 2.45) is 0 Å². The second kappa shape index (κ2) is 7.33. The molecule has 3 nitrogen and oxygen atoms in total. The molecule has 17 heavy (non-hydrogen) atoms. The third kappa shape index (κ3) is 5.22. The average molecular weight is 299 g/mol. The first kappa shape index (κ1) is 14.0. The highest BCUT2D eigenvalue weighted by molar-refractivity contribution is 9.10. The topological polar surface area (TPSA) is 41.1 Å². The van der Waals surface area contributed by atoms with Crippen molar-refractivity contribution >= 4 is 22.0 Å². The van der Waals surface area contributed by atoms with E-state index in [1.807, 2.05) is 32.0 Å². The average Bonchev–Trinajstić information content (AvgIpc) is 2.31. The first-order valence-corrected chi connectivity index (χ1v) is 6.70. The Bertz CT molecular complexity index is 368. The monoisotopic (exact) mass is 298 g/mol. The van der Waals surface area contributed by atoms with Gasteiger partial charge in [-0.3, -0.25) is 0 Å². The summed E-state index contributed by atoms with van der Waals surface area (Å²) in [5.41, 5.74) is 1.20. The van der Waals surface area contributed by atoms with E-state index in [4.69, 9.17) is 0 Å². The normalized spacial score (nSPS) is 11.9. The Labute approximate surface area is 111 Å². The van der Waals surface area contributed by atoms with E-state index >= 15 is 0 Å². The number of amides is 2. The number of carbonyl (C=O) groups is 1. The summed E-state index contributed by atoms with van der Waals surface area (Å²) in [7, 11) is 0. The van der Waals surface area contributed by atoms with Gasteiger partial charge in [-0.25, -0.2) is 4.79 Å². The Morgan fingerprint density at radius 2 is 2.12 bits per heavy atom. The maximum absolute atomic E-state index is 11.5. The molecule has 94 valence electrons. The quantitative estimate of drug-likeness (QED) is 0.862. The fourth-order valence-corrected chi connectivity index (χ4v) is 1.87. The summed E-state index contributed by atoms with van der Waals surface area (Å²) in [4.78, 5) is 11.5. The van der Waals surface area contributed by atoms with Crippen LogP contribution in [0.5, 0.6) is 0 Å². The highest BCUT2D eigenvalue weighted by atomic mass is 79.9. The van der Waals surface area contributed by atoms with Gasteiger partial charge in [-0.15, -0.1) is 0 Å². The summed E-state index contributed by atoms with van der Waals surface area (Å²) in [6.45, 7) is 4.68. The zero-order chi connectivity index (χ0) is 12.7. The smallest absolute Gasteiger partial charge is 0.315 e. The molecule has 1 atom stereocenters. The zero-order valence-corrected chi connectivity index (χ0v) is 11.9. The van der Waals surface area contributed by atoms with Crippen molar-refractivity contribution in [1.29, 1.82) is 0 Å². The van der Waals surface area contributed by atoms with Gasteiger partial charge in [-0.2, -0.15) is 0 Å². The van der Waals surface area contributed by atoms with Crippen LogP contribution in [0.3, 0.4) is 0 Å². The van der Waals surface area contributed by atoms with Crippen molar-refractivity contribution in [1.82, 2.24) is 10.6 Å². The van der Waals surface area contributed by atoms with Crippen LogP contribution in [0.25, 0.3) is 0 Å². The first-order chi connectivity index (χ1) is 8.13. The van der Waals surface area contributed by atoms with Crippen LogP contribution in [0.4, 0.5) is 4.79 Å². The molecule has 1 aromatic carbocycles. The van der Waals surface area contributed by atoms with E-state index in [1.165, 1.54) is 5.56 Å². The van der Waals surface area contributed by atoms with Crippen molar-refractivity contribution in [2.75, 3.05) is 6.54 Å². The van der Waals surface area contributed by atoms with E-state index in [0.717, 1.165) is 17.3 Å². The van der Waals surface area contributed by atoms with Crippen LogP contribution in [-0.2, 0) is 6.42 Å². The summed E-state index contributed by atoms with van der Waals surface area (Å²) in [6.07, 6.45) is 1.77. The molecule has 0 bridgehead atoms. The summed E-state index contributed by atoms with van der Waals surface area (Å²) < 4.78 is 1.09. The molecule has 1 unspecified atom stereocenters. The first-order valence-electron chi connectivity index (χ1n) is 5.91. The Morgan fingerprint density at radius 1 is 1.41 bits per heavy atom. The highest BCUT2D eigenvalue weighted by Crippen LogP contribution is 2.15. The van der Waals surface area contributed by atoms with Gasteiger partial charge in [0.1, 0.15) is 0 Å². The van der Waals surface area contributed by atoms with Crippen LogP contribution >= 0.6 is 15.9 Å². The van der Waals surface area contributed by atoms with Gasteiger partial charge in [0.15, 0.2) is 0 Å². The fraction of sp³-hybridized carbons (Fsp3) is 0.462. The maximum Gasteiger partial charge on any atom is 0.315 e. The molecule has 2 amide bonds. The molecule has 0 aromatic heterocycles. The van der Waals surface area contributed by atoms with Gasteiger partial charge in [0.2, 0.25) is 0 Å². The molecular weight excluding hydrogens is 280 g/mol. The Kier molecular flexibility index (Phi) is 6.05. The summed E-state index contributed by atoms with van der Waals surface area (Å²) in [5, 5.41) is 5.72. The molecule has 1 rings (SSSR count). The molecular formula is C13H19BrN2O. The molecule has 1 aromatic rings. The van der Waals surface area contributed by atoms with Gasteiger partial charge in [-0.1, -0.05) is 41.1 Å². The van der Waals surface area contributed by atoms with E-state index in [0.29, 0.717) is 6.54 Å². The number of halogens is 1. The summed E-state index contributed by atoms with van der Waals surface area (Å²) in [6, 6.07) is 8.17. The third-order valence-corrected chi connectivity index (χ3v) is 3.40. The third-order valence-electron chi connectivity index (χ3n) is 2.63. The molecule has 0 saturated heterocycles. The van der Waals surface area contributed by atoms with Crippen LogP contribution < -0.4 is 10.6 Å². The standard InChI is InChI=1S/C13H19BrN2O/c1-3-10(2)16-13(17)15-9-8-11-6-4-5-7-12(11)14/h4-7,10H,3,8-9H2,1-2H3,(H2,15,16,17). The molecule has 0 aliphatic carbocycles. The summed E-state index contributed by atoms with van der Waals surface area (Å²) >= 11 is 3.49. The van der Waals surface area contributed by atoms with Crippen molar-refractivity contribution in [2.45, 2.75) is 32.7 Å².